The van der Waals surface area contributed by atoms with Gasteiger partial charge in [-0.25, -0.2) is 4.39 Å². The van der Waals surface area contributed by atoms with Gasteiger partial charge in [0, 0.05) is 25.4 Å². The number of carbonyl (C=O) groups is 1. The van der Waals surface area contributed by atoms with Gasteiger partial charge in [-0.1, -0.05) is 18.1 Å². The fourth-order valence-corrected chi connectivity index (χ4v) is 2.40. The summed E-state index contributed by atoms with van der Waals surface area (Å²) >= 11 is 0. The van der Waals surface area contributed by atoms with Gasteiger partial charge >= 0.3 is 0 Å². The number of oxime groups is 1. The molecule has 0 saturated carbocycles. The van der Waals surface area contributed by atoms with E-state index in [-0.39, 0.29) is 17.2 Å². The summed E-state index contributed by atoms with van der Waals surface area (Å²) in [6.45, 7) is 2.67. The van der Waals surface area contributed by atoms with Crippen molar-refractivity contribution in [2.24, 2.45) is 11.1 Å². The average molecular weight is 280 g/mol. The summed E-state index contributed by atoms with van der Waals surface area (Å²) in [4.78, 5) is 14.0. The molecule has 5 nitrogen and oxygen atoms in total. The largest absolute Gasteiger partial charge is 0.496 e. The van der Waals surface area contributed by atoms with Crippen molar-refractivity contribution >= 4 is 11.6 Å². The minimum atomic E-state index is -0.594. The van der Waals surface area contributed by atoms with Crippen molar-refractivity contribution in [1.29, 1.82) is 0 Å². The minimum absolute atomic E-state index is 0.0459. The zero-order valence-corrected chi connectivity index (χ0v) is 11.5. The second-order valence-corrected chi connectivity index (χ2v) is 4.81. The Morgan fingerprint density at radius 2 is 2.30 bits per heavy atom. The Balaban J connectivity index is 2.25. The monoisotopic (exact) mass is 280 g/mol. The predicted octanol–water partition coefficient (Wildman–Crippen LogP) is 2.15. The molecule has 108 valence electrons. The summed E-state index contributed by atoms with van der Waals surface area (Å²) in [7, 11) is 1.40. The van der Waals surface area contributed by atoms with Crippen molar-refractivity contribution in [3.8, 4) is 5.75 Å². The average Bonchev–Trinajstić information content (AvgIpc) is 2.46. The first kappa shape index (κ1) is 14.3. The molecule has 2 rings (SSSR count). The topological polar surface area (TPSA) is 62.1 Å². The molecule has 1 aromatic rings. The highest BCUT2D eigenvalue weighted by molar-refractivity contribution is 5.98. The van der Waals surface area contributed by atoms with Gasteiger partial charge < -0.3 is 14.8 Å². The predicted molar refractivity (Wildman–Crippen MR) is 71.9 cm³/mol. The van der Waals surface area contributed by atoms with Crippen LogP contribution in [-0.2, 0) is 0 Å². The van der Waals surface area contributed by atoms with Gasteiger partial charge in [0.15, 0.2) is 0 Å². The van der Waals surface area contributed by atoms with Gasteiger partial charge in [-0.15, -0.1) is 0 Å². The molecule has 1 heterocycles. The zero-order valence-electron chi connectivity index (χ0n) is 11.5. The number of carbonyl (C=O) groups excluding carboxylic acids is 1. The summed E-state index contributed by atoms with van der Waals surface area (Å²) in [5, 5.41) is 12.1. The number of hydrogen-bond donors (Lipinski definition) is 1. The maximum atomic E-state index is 13.9. The Labute approximate surface area is 116 Å². The van der Waals surface area contributed by atoms with Crippen LogP contribution in [0.3, 0.4) is 0 Å². The van der Waals surface area contributed by atoms with Crippen LogP contribution in [-0.4, -0.2) is 41.9 Å². The molecular weight excluding hydrogens is 263 g/mol. The van der Waals surface area contributed by atoms with Gasteiger partial charge in [0.05, 0.1) is 12.8 Å². The van der Waals surface area contributed by atoms with Crippen LogP contribution in [0.4, 0.5) is 4.39 Å². The molecule has 1 atom stereocenters. The van der Waals surface area contributed by atoms with E-state index in [9.17, 15) is 9.18 Å². The number of halogens is 1. The lowest BCUT2D eigenvalue weighted by atomic mass is 9.97. The lowest BCUT2D eigenvalue weighted by molar-refractivity contribution is 0.0725. The maximum Gasteiger partial charge on any atom is 0.260 e. The molecule has 1 N–H and O–H groups in total. The fraction of sp³-hybridized carbons (Fsp3) is 0.429. The molecule has 20 heavy (non-hydrogen) atoms. The molecule has 0 radical (unpaired) electrons. The van der Waals surface area contributed by atoms with Gasteiger partial charge in [-0.2, -0.15) is 0 Å². The third-order valence-corrected chi connectivity index (χ3v) is 3.53. The first-order valence-electron chi connectivity index (χ1n) is 6.41. The Hall–Kier alpha value is -2.11. The quantitative estimate of drug-likeness (QED) is 0.667. The van der Waals surface area contributed by atoms with E-state index >= 15 is 0 Å². The number of benzene rings is 1. The number of likely N-dealkylation sites (tertiary alicyclic amines) is 1. The third kappa shape index (κ3) is 2.59. The molecule has 6 heteroatoms. The fourth-order valence-electron chi connectivity index (χ4n) is 2.40. The van der Waals surface area contributed by atoms with Crippen LogP contribution in [0.2, 0.25) is 0 Å². The highest BCUT2D eigenvalue weighted by atomic mass is 19.1. The van der Waals surface area contributed by atoms with E-state index in [2.05, 4.69) is 5.16 Å². The number of ether oxygens (including phenoxy) is 1. The smallest absolute Gasteiger partial charge is 0.260 e. The van der Waals surface area contributed by atoms with Crippen molar-refractivity contribution in [2.45, 2.75) is 13.3 Å². The molecule has 1 amide bonds. The molecule has 0 bridgehead atoms. The van der Waals surface area contributed by atoms with E-state index < -0.39 is 11.7 Å². The third-order valence-electron chi connectivity index (χ3n) is 3.53. The van der Waals surface area contributed by atoms with Gasteiger partial charge in [-0.05, 0) is 12.1 Å². The Morgan fingerprint density at radius 3 is 2.90 bits per heavy atom. The summed E-state index contributed by atoms with van der Waals surface area (Å²) in [6, 6.07) is 4.30. The molecule has 1 aliphatic heterocycles. The molecule has 1 fully saturated rings. The Kier molecular flexibility index (Phi) is 4.22. The number of methoxy groups -OCH3 is 1. The van der Waals surface area contributed by atoms with E-state index in [1.807, 2.05) is 6.92 Å². The lowest BCUT2D eigenvalue weighted by Gasteiger charge is -2.31. The first-order chi connectivity index (χ1) is 9.58. The van der Waals surface area contributed by atoms with Crippen molar-refractivity contribution in [3.63, 3.8) is 0 Å². The van der Waals surface area contributed by atoms with Gasteiger partial charge in [-0.3, -0.25) is 4.79 Å². The summed E-state index contributed by atoms with van der Waals surface area (Å²) in [5.74, 6) is -0.813. The molecule has 0 aliphatic carbocycles. The number of amides is 1. The van der Waals surface area contributed by atoms with Crippen LogP contribution in [0.15, 0.2) is 23.4 Å². The maximum absolute atomic E-state index is 13.9. The van der Waals surface area contributed by atoms with Crippen molar-refractivity contribution in [3.05, 3.63) is 29.6 Å². The first-order valence-corrected chi connectivity index (χ1v) is 6.41. The molecule has 0 aromatic heterocycles. The van der Waals surface area contributed by atoms with E-state index in [0.717, 1.165) is 0 Å². The summed E-state index contributed by atoms with van der Waals surface area (Å²) in [6.07, 6.45) is 0.486. The van der Waals surface area contributed by atoms with Crippen LogP contribution >= 0.6 is 0 Å². The number of nitrogens with zero attached hydrogens (tertiary/aromatic N) is 2. The molecule has 1 aliphatic rings. The Bertz CT molecular complexity index is 545. The highest BCUT2D eigenvalue weighted by Gasteiger charge is 2.29. The van der Waals surface area contributed by atoms with E-state index in [0.29, 0.717) is 25.2 Å². The van der Waals surface area contributed by atoms with Crippen LogP contribution in [0.1, 0.15) is 23.7 Å². The minimum Gasteiger partial charge on any atom is -0.496 e. The second-order valence-electron chi connectivity index (χ2n) is 4.81. The normalized spacial score (nSPS) is 21.1. The molecule has 1 saturated heterocycles. The van der Waals surface area contributed by atoms with E-state index in [4.69, 9.17) is 9.94 Å². The summed E-state index contributed by atoms with van der Waals surface area (Å²) < 4.78 is 18.9. The number of hydrogen-bond acceptors (Lipinski definition) is 4. The van der Waals surface area contributed by atoms with Gasteiger partial charge in [0.2, 0.25) is 0 Å². The number of rotatable bonds is 2. The van der Waals surface area contributed by atoms with Crippen molar-refractivity contribution in [1.82, 2.24) is 4.90 Å². The molecule has 0 spiro atoms. The highest BCUT2D eigenvalue weighted by Crippen LogP contribution is 2.25. The SMILES string of the molecule is COc1cccc(F)c1C(=O)N1CC/C(=N/O)C(C)C1. The number of piperidine rings is 1. The van der Waals surface area contributed by atoms with Crippen molar-refractivity contribution < 1.29 is 19.1 Å². The second kappa shape index (κ2) is 5.90. The van der Waals surface area contributed by atoms with Crippen LogP contribution < -0.4 is 4.74 Å². The standard InChI is InChI=1S/C14H17FN2O3/c1-9-8-17(7-6-11(9)16-19)14(18)13-10(15)4-3-5-12(13)20-2/h3-5,9,19H,6-8H2,1-2H3/b16-11-. The summed E-state index contributed by atoms with van der Waals surface area (Å²) in [5.41, 5.74) is 0.612. The zero-order chi connectivity index (χ0) is 14.7. The van der Waals surface area contributed by atoms with E-state index in [1.54, 1.807) is 11.0 Å². The van der Waals surface area contributed by atoms with Crippen LogP contribution in [0, 0.1) is 11.7 Å². The van der Waals surface area contributed by atoms with Gasteiger partial charge in [0.25, 0.3) is 5.91 Å². The van der Waals surface area contributed by atoms with Crippen LogP contribution in [0.5, 0.6) is 5.75 Å². The molecule has 1 unspecified atom stereocenters. The lowest BCUT2D eigenvalue weighted by Crippen LogP contribution is -2.43. The van der Waals surface area contributed by atoms with Crippen molar-refractivity contribution in [2.75, 3.05) is 20.2 Å². The molecule has 1 aromatic carbocycles. The Morgan fingerprint density at radius 1 is 1.55 bits per heavy atom. The molecular formula is C14H17FN2O3. The van der Waals surface area contributed by atoms with E-state index in [1.165, 1.54) is 19.2 Å². The van der Waals surface area contributed by atoms with Crippen LogP contribution in [0.25, 0.3) is 0 Å². The van der Waals surface area contributed by atoms with Gasteiger partial charge in [0.1, 0.15) is 17.1 Å².